The van der Waals surface area contributed by atoms with Crippen LogP contribution in [-0.4, -0.2) is 34.2 Å². The van der Waals surface area contributed by atoms with Crippen molar-refractivity contribution in [2.75, 3.05) is 13.2 Å². The number of benzene rings is 1. The summed E-state index contributed by atoms with van der Waals surface area (Å²) in [4.78, 5) is 14.0. The first-order valence-corrected chi connectivity index (χ1v) is 7.27. The van der Waals surface area contributed by atoms with E-state index in [-0.39, 0.29) is 12.5 Å². The van der Waals surface area contributed by atoms with Crippen molar-refractivity contribution >= 4 is 5.91 Å². The fraction of sp³-hybridized carbons (Fsp3) is 0.375. The highest BCUT2D eigenvalue weighted by atomic mass is 16.5. The molecule has 0 saturated carbocycles. The Kier molecular flexibility index (Phi) is 3.90. The summed E-state index contributed by atoms with van der Waals surface area (Å²) in [7, 11) is 0. The molecule has 2 aromatic rings. The lowest BCUT2D eigenvalue weighted by atomic mass is 10.1. The van der Waals surface area contributed by atoms with Crippen molar-refractivity contribution in [3.8, 4) is 5.75 Å². The van der Waals surface area contributed by atoms with Gasteiger partial charge in [0.25, 0.3) is 5.91 Å². The number of rotatable bonds is 4. The van der Waals surface area contributed by atoms with Crippen molar-refractivity contribution in [1.29, 1.82) is 0 Å². The average Bonchev–Trinajstić information content (AvgIpc) is 3.00. The van der Waals surface area contributed by atoms with Gasteiger partial charge in [-0.1, -0.05) is 19.1 Å². The van der Waals surface area contributed by atoms with Crippen molar-refractivity contribution in [3.63, 3.8) is 0 Å². The van der Waals surface area contributed by atoms with Crippen molar-refractivity contribution in [1.82, 2.24) is 15.1 Å². The molecule has 1 amide bonds. The number of carbonyl (C=O) groups is 1. The fourth-order valence-corrected chi connectivity index (χ4v) is 2.49. The Bertz CT molecular complexity index is 619. The van der Waals surface area contributed by atoms with Gasteiger partial charge in [0.2, 0.25) is 0 Å². The van der Waals surface area contributed by atoms with Crippen molar-refractivity contribution < 1.29 is 9.53 Å². The van der Waals surface area contributed by atoms with E-state index in [1.807, 2.05) is 29.2 Å². The maximum atomic E-state index is 12.2. The molecule has 0 bridgehead atoms. The van der Waals surface area contributed by atoms with Gasteiger partial charge >= 0.3 is 0 Å². The summed E-state index contributed by atoms with van der Waals surface area (Å²) in [5.41, 5.74) is 3.49. The zero-order valence-corrected chi connectivity index (χ0v) is 12.1. The number of nitrogens with zero attached hydrogens (tertiary/aromatic N) is 2. The van der Waals surface area contributed by atoms with Crippen LogP contribution in [0.15, 0.2) is 30.5 Å². The molecular weight excluding hydrogens is 266 g/mol. The van der Waals surface area contributed by atoms with E-state index in [9.17, 15) is 4.79 Å². The summed E-state index contributed by atoms with van der Waals surface area (Å²) in [6, 6.07) is 7.88. The predicted molar refractivity (Wildman–Crippen MR) is 79.0 cm³/mol. The number of nitrogens with one attached hydrogen (secondary N) is 1. The first-order chi connectivity index (χ1) is 10.3. The lowest BCUT2D eigenvalue weighted by Crippen LogP contribution is -2.38. The van der Waals surface area contributed by atoms with Gasteiger partial charge in [0.05, 0.1) is 6.20 Å². The molecule has 110 valence electrons. The van der Waals surface area contributed by atoms with Crippen LogP contribution < -0.4 is 4.74 Å². The molecule has 0 spiro atoms. The standard InChI is InChI=1S/C16H19N3O2/c1-2-12-3-5-14(6-4-12)21-11-16(20)19-8-7-15-13(10-19)9-17-18-15/h3-6,9H,2,7-8,10-11H2,1H3,(H,17,18). The minimum Gasteiger partial charge on any atom is -0.484 e. The van der Waals surface area contributed by atoms with Crippen LogP contribution in [-0.2, 0) is 24.2 Å². The molecule has 1 aliphatic rings. The Hall–Kier alpha value is -2.30. The van der Waals surface area contributed by atoms with Gasteiger partial charge in [-0.05, 0) is 24.1 Å². The minimum absolute atomic E-state index is 0.0152. The molecule has 1 aromatic heterocycles. The predicted octanol–water partition coefficient (Wildman–Crippen LogP) is 1.94. The Morgan fingerprint density at radius 2 is 2.19 bits per heavy atom. The van der Waals surface area contributed by atoms with Gasteiger partial charge < -0.3 is 9.64 Å². The SMILES string of the molecule is CCc1ccc(OCC(=O)N2CCc3[nH]ncc3C2)cc1. The molecular formula is C16H19N3O2. The third kappa shape index (κ3) is 3.07. The number of hydrogen-bond acceptors (Lipinski definition) is 3. The highest BCUT2D eigenvalue weighted by Gasteiger charge is 2.22. The van der Waals surface area contributed by atoms with Gasteiger partial charge in [-0.15, -0.1) is 0 Å². The van der Waals surface area contributed by atoms with Gasteiger partial charge in [-0.2, -0.15) is 5.10 Å². The monoisotopic (exact) mass is 285 g/mol. The number of ether oxygens (including phenoxy) is 1. The van der Waals surface area contributed by atoms with E-state index in [1.165, 1.54) is 5.56 Å². The number of carbonyl (C=O) groups excluding carboxylic acids is 1. The average molecular weight is 285 g/mol. The third-order valence-electron chi connectivity index (χ3n) is 3.85. The summed E-state index contributed by atoms with van der Waals surface area (Å²) in [6.07, 6.45) is 3.62. The summed E-state index contributed by atoms with van der Waals surface area (Å²) in [5.74, 6) is 0.753. The van der Waals surface area contributed by atoms with E-state index in [0.29, 0.717) is 13.1 Å². The topological polar surface area (TPSA) is 58.2 Å². The van der Waals surface area contributed by atoms with Crippen LogP contribution in [0.4, 0.5) is 0 Å². The Morgan fingerprint density at radius 1 is 1.38 bits per heavy atom. The van der Waals surface area contributed by atoms with Crippen LogP contribution in [0.1, 0.15) is 23.7 Å². The van der Waals surface area contributed by atoms with E-state index in [2.05, 4.69) is 17.1 Å². The molecule has 3 rings (SSSR count). The first kappa shape index (κ1) is 13.7. The molecule has 5 nitrogen and oxygen atoms in total. The molecule has 0 radical (unpaired) electrons. The maximum Gasteiger partial charge on any atom is 0.260 e. The molecule has 5 heteroatoms. The lowest BCUT2D eigenvalue weighted by molar-refractivity contribution is -0.134. The molecule has 0 fully saturated rings. The van der Waals surface area contributed by atoms with E-state index >= 15 is 0 Å². The van der Waals surface area contributed by atoms with Crippen molar-refractivity contribution in [2.24, 2.45) is 0 Å². The number of hydrogen-bond donors (Lipinski definition) is 1. The lowest BCUT2D eigenvalue weighted by Gasteiger charge is -2.26. The normalized spacial score (nSPS) is 13.9. The van der Waals surface area contributed by atoms with E-state index in [4.69, 9.17) is 4.74 Å². The summed E-state index contributed by atoms with van der Waals surface area (Å²) in [5, 5.41) is 6.98. The summed E-state index contributed by atoms with van der Waals surface area (Å²) < 4.78 is 5.58. The van der Waals surface area contributed by atoms with Gasteiger partial charge in [0, 0.05) is 30.8 Å². The second kappa shape index (κ2) is 5.99. The largest absolute Gasteiger partial charge is 0.484 e. The summed E-state index contributed by atoms with van der Waals surface area (Å²) >= 11 is 0. The molecule has 0 atom stereocenters. The van der Waals surface area contributed by atoms with Crippen LogP contribution in [0.25, 0.3) is 0 Å². The van der Waals surface area contributed by atoms with Crippen LogP contribution in [0.2, 0.25) is 0 Å². The fourth-order valence-electron chi connectivity index (χ4n) is 2.49. The highest BCUT2D eigenvalue weighted by Crippen LogP contribution is 2.17. The second-order valence-electron chi connectivity index (χ2n) is 5.23. The number of aromatic nitrogens is 2. The first-order valence-electron chi connectivity index (χ1n) is 7.27. The van der Waals surface area contributed by atoms with Gasteiger partial charge in [0.15, 0.2) is 6.61 Å². The summed E-state index contributed by atoms with van der Waals surface area (Å²) in [6.45, 7) is 3.52. The van der Waals surface area contributed by atoms with Gasteiger partial charge in [0.1, 0.15) is 5.75 Å². The van der Waals surface area contributed by atoms with Gasteiger partial charge in [-0.3, -0.25) is 9.89 Å². The van der Waals surface area contributed by atoms with E-state index in [0.717, 1.165) is 29.8 Å². The van der Waals surface area contributed by atoms with Crippen LogP contribution in [0.5, 0.6) is 5.75 Å². The van der Waals surface area contributed by atoms with Crippen LogP contribution in [0, 0.1) is 0 Å². The minimum atomic E-state index is 0.0152. The zero-order valence-electron chi connectivity index (χ0n) is 12.1. The molecule has 0 unspecified atom stereocenters. The molecule has 0 aliphatic carbocycles. The molecule has 1 aromatic carbocycles. The van der Waals surface area contributed by atoms with Crippen molar-refractivity contribution in [2.45, 2.75) is 26.3 Å². The molecule has 2 heterocycles. The molecule has 0 saturated heterocycles. The van der Waals surface area contributed by atoms with Crippen LogP contribution >= 0.6 is 0 Å². The van der Waals surface area contributed by atoms with Gasteiger partial charge in [-0.25, -0.2) is 0 Å². The Balaban J connectivity index is 1.54. The Morgan fingerprint density at radius 3 is 2.95 bits per heavy atom. The highest BCUT2D eigenvalue weighted by molar-refractivity contribution is 5.78. The van der Waals surface area contributed by atoms with E-state index in [1.54, 1.807) is 6.20 Å². The van der Waals surface area contributed by atoms with E-state index < -0.39 is 0 Å². The number of fused-ring (bicyclic) bond motifs is 1. The smallest absolute Gasteiger partial charge is 0.260 e. The molecule has 1 N–H and O–H groups in total. The third-order valence-corrected chi connectivity index (χ3v) is 3.85. The Labute approximate surface area is 123 Å². The number of aryl methyl sites for hydroxylation is 1. The van der Waals surface area contributed by atoms with Crippen molar-refractivity contribution in [3.05, 3.63) is 47.3 Å². The second-order valence-corrected chi connectivity index (χ2v) is 5.23. The maximum absolute atomic E-state index is 12.2. The number of aromatic amines is 1. The molecule has 1 aliphatic heterocycles. The quantitative estimate of drug-likeness (QED) is 0.934. The van der Waals surface area contributed by atoms with Crippen LogP contribution in [0.3, 0.4) is 0 Å². The number of H-pyrrole nitrogens is 1. The number of amides is 1. The molecule has 21 heavy (non-hydrogen) atoms. The zero-order chi connectivity index (χ0) is 14.7.